The highest BCUT2D eigenvalue weighted by molar-refractivity contribution is 7.15. The van der Waals surface area contributed by atoms with Crippen molar-refractivity contribution in [2.45, 2.75) is 6.54 Å². The van der Waals surface area contributed by atoms with Gasteiger partial charge in [-0.25, -0.2) is 9.37 Å². The lowest BCUT2D eigenvalue weighted by molar-refractivity contribution is 0.0995. The second-order valence-electron chi connectivity index (χ2n) is 6.64. The highest BCUT2D eigenvalue weighted by Gasteiger charge is 2.20. The number of halogens is 1. The SMILES string of the molecule is NC(=O)c1cncc(N2CCN(Cc3ccc(-c4ccccc4F)s3)CC2)n1. The van der Waals surface area contributed by atoms with Crippen molar-refractivity contribution in [3.63, 3.8) is 0 Å². The molecule has 3 heterocycles. The minimum absolute atomic E-state index is 0.180. The maximum absolute atomic E-state index is 14.0. The first-order valence-electron chi connectivity index (χ1n) is 9.03. The topological polar surface area (TPSA) is 75.4 Å². The normalized spacial score (nSPS) is 15.0. The van der Waals surface area contributed by atoms with Crippen molar-refractivity contribution in [1.82, 2.24) is 14.9 Å². The lowest BCUT2D eigenvalue weighted by Gasteiger charge is -2.35. The predicted octanol–water partition coefficient (Wildman–Crippen LogP) is 2.77. The molecule has 8 heteroatoms. The van der Waals surface area contributed by atoms with Gasteiger partial charge in [-0.05, 0) is 18.2 Å². The molecular weight excluding hydrogens is 377 g/mol. The van der Waals surface area contributed by atoms with Crippen molar-refractivity contribution in [3.05, 3.63) is 65.2 Å². The van der Waals surface area contributed by atoms with Crippen LogP contribution in [-0.2, 0) is 6.54 Å². The lowest BCUT2D eigenvalue weighted by Crippen LogP contribution is -2.46. The lowest BCUT2D eigenvalue weighted by atomic mass is 10.2. The molecule has 28 heavy (non-hydrogen) atoms. The fraction of sp³-hybridized carbons (Fsp3) is 0.250. The summed E-state index contributed by atoms with van der Waals surface area (Å²) in [5.74, 6) is -0.0888. The van der Waals surface area contributed by atoms with Gasteiger partial charge in [-0.3, -0.25) is 14.7 Å². The average Bonchev–Trinajstić information content (AvgIpc) is 3.17. The van der Waals surface area contributed by atoms with E-state index in [0.717, 1.165) is 37.6 Å². The van der Waals surface area contributed by atoms with Gasteiger partial charge in [-0.2, -0.15) is 0 Å². The molecule has 0 aliphatic carbocycles. The van der Waals surface area contributed by atoms with E-state index in [4.69, 9.17) is 5.73 Å². The number of carbonyl (C=O) groups is 1. The molecule has 1 aliphatic heterocycles. The Balaban J connectivity index is 1.37. The zero-order valence-electron chi connectivity index (χ0n) is 15.2. The number of piperazine rings is 1. The second-order valence-corrected chi connectivity index (χ2v) is 7.80. The number of carbonyl (C=O) groups excluding carboxylic acids is 1. The number of hydrogen-bond donors (Lipinski definition) is 1. The summed E-state index contributed by atoms with van der Waals surface area (Å²) in [6.07, 6.45) is 3.04. The highest BCUT2D eigenvalue weighted by atomic mass is 32.1. The van der Waals surface area contributed by atoms with E-state index < -0.39 is 5.91 Å². The maximum atomic E-state index is 14.0. The summed E-state index contributed by atoms with van der Waals surface area (Å²) in [5, 5.41) is 0. The Hall–Kier alpha value is -2.84. The van der Waals surface area contributed by atoms with Crippen molar-refractivity contribution >= 4 is 23.1 Å². The molecule has 0 radical (unpaired) electrons. The molecule has 2 N–H and O–H groups in total. The van der Waals surface area contributed by atoms with Gasteiger partial charge >= 0.3 is 0 Å². The fourth-order valence-electron chi connectivity index (χ4n) is 3.25. The largest absolute Gasteiger partial charge is 0.364 e. The number of primary amides is 1. The molecule has 1 fully saturated rings. The molecule has 1 saturated heterocycles. The average molecular weight is 397 g/mol. The molecule has 0 bridgehead atoms. The molecule has 0 spiro atoms. The van der Waals surface area contributed by atoms with Gasteiger partial charge in [-0.1, -0.05) is 18.2 Å². The molecule has 1 aliphatic rings. The van der Waals surface area contributed by atoms with E-state index in [2.05, 4.69) is 25.8 Å². The highest BCUT2D eigenvalue weighted by Crippen LogP contribution is 2.30. The van der Waals surface area contributed by atoms with E-state index in [1.807, 2.05) is 18.2 Å². The van der Waals surface area contributed by atoms with Gasteiger partial charge in [0.25, 0.3) is 5.91 Å². The summed E-state index contributed by atoms with van der Waals surface area (Å²) >= 11 is 1.63. The molecule has 0 saturated carbocycles. The van der Waals surface area contributed by atoms with Crippen LogP contribution < -0.4 is 10.6 Å². The summed E-state index contributed by atoms with van der Waals surface area (Å²) in [4.78, 5) is 26.3. The molecule has 1 aromatic carbocycles. The van der Waals surface area contributed by atoms with Crippen LogP contribution in [0, 0.1) is 5.82 Å². The number of aromatic nitrogens is 2. The number of thiophene rings is 1. The van der Waals surface area contributed by atoms with Crippen LogP contribution in [0.25, 0.3) is 10.4 Å². The van der Waals surface area contributed by atoms with E-state index in [1.165, 1.54) is 17.1 Å². The Morgan fingerprint density at radius 3 is 2.64 bits per heavy atom. The summed E-state index contributed by atoms with van der Waals surface area (Å²) in [6.45, 7) is 4.16. The van der Waals surface area contributed by atoms with Gasteiger partial charge in [0.2, 0.25) is 0 Å². The van der Waals surface area contributed by atoms with Gasteiger partial charge in [-0.15, -0.1) is 11.3 Å². The summed E-state index contributed by atoms with van der Waals surface area (Å²) < 4.78 is 14.0. The van der Waals surface area contributed by atoms with Crippen LogP contribution in [0.4, 0.5) is 10.2 Å². The minimum atomic E-state index is -0.573. The van der Waals surface area contributed by atoms with E-state index in [0.29, 0.717) is 11.4 Å². The van der Waals surface area contributed by atoms with Crippen LogP contribution >= 0.6 is 11.3 Å². The summed E-state index contributed by atoms with van der Waals surface area (Å²) in [5.41, 5.74) is 6.11. The third-order valence-electron chi connectivity index (χ3n) is 4.75. The second kappa shape index (κ2) is 8.04. The van der Waals surface area contributed by atoms with Crippen molar-refractivity contribution < 1.29 is 9.18 Å². The fourth-order valence-corrected chi connectivity index (χ4v) is 4.33. The van der Waals surface area contributed by atoms with Crippen LogP contribution in [0.5, 0.6) is 0 Å². The van der Waals surface area contributed by atoms with Crippen molar-refractivity contribution in [2.75, 3.05) is 31.1 Å². The molecule has 2 aromatic heterocycles. The van der Waals surface area contributed by atoms with Crippen LogP contribution in [0.15, 0.2) is 48.8 Å². The molecule has 3 aromatic rings. The molecule has 6 nitrogen and oxygen atoms in total. The Bertz CT molecular complexity index is 984. The van der Waals surface area contributed by atoms with E-state index >= 15 is 0 Å². The number of rotatable bonds is 5. The van der Waals surface area contributed by atoms with Crippen LogP contribution in [0.3, 0.4) is 0 Å². The first-order valence-corrected chi connectivity index (χ1v) is 9.84. The van der Waals surface area contributed by atoms with Gasteiger partial charge < -0.3 is 10.6 Å². The smallest absolute Gasteiger partial charge is 0.268 e. The first kappa shape index (κ1) is 18.5. The Morgan fingerprint density at radius 1 is 1.11 bits per heavy atom. The summed E-state index contributed by atoms with van der Waals surface area (Å²) in [7, 11) is 0. The third-order valence-corrected chi connectivity index (χ3v) is 5.85. The predicted molar refractivity (Wildman–Crippen MR) is 108 cm³/mol. The van der Waals surface area contributed by atoms with Crippen LogP contribution in [-0.4, -0.2) is 47.0 Å². The number of nitrogens with two attached hydrogens (primary N) is 1. The molecular formula is C20H20FN5OS. The Morgan fingerprint density at radius 2 is 1.89 bits per heavy atom. The summed E-state index contributed by atoms with van der Waals surface area (Å²) in [6, 6.07) is 10.9. The Kier molecular flexibility index (Phi) is 5.31. The van der Waals surface area contributed by atoms with Gasteiger partial charge in [0.15, 0.2) is 0 Å². The standard InChI is InChI=1S/C20H20FN5OS/c21-16-4-2-1-3-15(16)18-6-5-14(28-18)13-25-7-9-26(10-8-25)19-12-23-11-17(24-19)20(22)27/h1-6,11-12H,7-10,13H2,(H2,22,27). The number of nitrogens with zero attached hydrogens (tertiary/aromatic N) is 4. The van der Waals surface area contributed by atoms with Gasteiger partial charge in [0.05, 0.1) is 12.4 Å². The van der Waals surface area contributed by atoms with E-state index in [1.54, 1.807) is 23.6 Å². The van der Waals surface area contributed by atoms with E-state index in [9.17, 15) is 9.18 Å². The number of hydrogen-bond acceptors (Lipinski definition) is 6. The van der Waals surface area contributed by atoms with Crippen molar-refractivity contribution in [2.24, 2.45) is 5.73 Å². The van der Waals surface area contributed by atoms with Crippen LogP contribution in [0.1, 0.15) is 15.4 Å². The maximum Gasteiger partial charge on any atom is 0.268 e. The van der Waals surface area contributed by atoms with Crippen molar-refractivity contribution in [3.8, 4) is 10.4 Å². The van der Waals surface area contributed by atoms with Gasteiger partial charge in [0.1, 0.15) is 17.3 Å². The van der Waals surface area contributed by atoms with Crippen molar-refractivity contribution in [1.29, 1.82) is 0 Å². The zero-order chi connectivity index (χ0) is 19.5. The number of benzene rings is 1. The van der Waals surface area contributed by atoms with Gasteiger partial charge in [0, 0.05) is 48.0 Å². The molecule has 144 valence electrons. The third kappa shape index (κ3) is 4.02. The number of anilines is 1. The van der Waals surface area contributed by atoms with Crippen LogP contribution in [0.2, 0.25) is 0 Å². The molecule has 4 rings (SSSR count). The zero-order valence-corrected chi connectivity index (χ0v) is 16.0. The Labute approximate surface area is 166 Å². The molecule has 0 atom stereocenters. The molecule has 0 unspecified atom stereocenters. The monoisotopic (exact) mass is 397 g/mol. The number of amides is 1. The first-order chi connectivity index (χ1) is 13.6. The quantitative estimate of drug-likeness (QED) is 0.717. The minimum Gasteiger partial charge on any atom is -0.364 e. The van der Waals surface area contributed by atoms with E-state index in [-0.39, 0.29) is 11.5 Å². The molecule has 1 amide bonds.